The highest BCUT2D eigenvalue weighted by Crippen LogP contribution is 2.33. The van der Waals surface area contributed by atoms with Crippen LogP contribution in [-0.4, -0.2) is 43.0 Å². The third-order valence-electron chi connectivity index (χ3n) is 5.71. The van der Waals surface area contributed by atoms with Gasteiger partial charge in [-0.25, -0.2) is 0 Å². The lowest BCUT2D eigenvalue weighted by atomic mass is 10.1. The second kappa shape index (κ2) is 9.65. The molecular weight excluding hydrogens is 428 g/mol. The van der Waals surface area contributed by atoms with Gasteiger partial charge < -0.3 is 19.3 Å². The summed E-state index contributed by atoms with van der Waals surface area (Å²) < 4.78 is 11.1. The molecule has 0 N–H and O–H groups in total. The summed E-state index contributed by atoms with van der Waals surface area (Å²) >= 11 is 5.83. The topological polar surface area (TPSA) is 59.1 Å². The average molecular weight is 455 g/mol. The standard InChI is InChI=1S/C25H27ClN2O4/c1-17(26)16-32-23-14-18(5-12-22(23)31-2)15-28(21-10-11-21)25(30)19-6-8-20(9-7-19)27-13-3-4-24(27)29/h5-9,12,14,21H,1,3-4,10-11,13,15-16H2,2H3. The Labute approximate surface area is 193 Å². The second-order valence-corrected chi connectivity index (χ2v) is 8.69. The molecule has 2 aliphatic rings. The van der Waals surface area contributed by atoms with Gasteiger partial charge in [-0.05, 0) is 61.2 Å². The summed E-state index contributed by atoms with van der Waals surface area (Å²) in [5.41, 5.74) is 2.41. The molecule has 0 unspecified atom stereocenters. The van der Waals surface area contributed by atoms with E-state index >= 15 is 0 Å². The molecule has 7 heteroatoms. The summed E-state index contributed by atoms with van der Waals surface area (Å²) in [6.07, 6.45) is 3.46. The molecule has 2 aromatic rings. The quantitative estimate of drug-likeness (QED) is 0.548. The molecule has 0 atom stereocenters. The molecule has 1 saturated carbocycles. The minimum atomic E-state index is -0.0146. The van der Waals surface area contributed by atoms with Crippen molar-refractivity contribution >= 4 is 29.1 Å². The Kier molecular flexibility index (Phi) is 6.70. The van der Waals surface area contributed by atoms with Crippen molar-refractivity contribution in [3.05, 3.63) is 65.2 Å². The maximum atomic E-state index is 13.3. The van der Waals surface area contributed by atoms with Gasteiger partial charge >= 0.3 is 0 Å². The van der Waals surface area contributed by atoms with Crippen molar-refractivity contribution in [1.29, 1.82) is 0 Å². The summed E-state index contributed by atoms with van der Waals surface area (Å²) in [6, 6.07) is 13.2. The number of anilines is 1. The Hall–Kier alpha value is -2.99. The highest BCUT2D eigenvalue weighted by atomic mass is 35.5. The largest absolute Gasteiger partial charge is 0.493 e. The summed E-state index contributed by atoms with van der Waals surface area (Å²) in [5.74, 6) is 1.29. The molecule has 2 aromatic carbocycles. The van der Waals surface area contributed by atoms with Gasteiger partial charge in [0.25, 0.3) is 5.91 Å². The fourth-order valence-electron chi connectivity index (χ4n) is 3.91. The first-order valence-electron chi connectivity index (χ1n) is 10.8. The molecule has 0 aromatic heterocycles. The molecule has 4 rings (SSSR count). The van der Waals surface area contributed by atoms with E-state index in [0.717, 1.165) is 37.1 Å². The summed E-state index contributed by atoms with van der Waals surface area (Å²) in [5, 5.41) is 0.395. The first-order valence-corrected chi connectivity index (χ1v) is 11.2. The van der Waals surface area contributed by atoms with E-state index in [2.05, 4.69) is 6.58 Å². The van der Waals surface area contributed by atoms with Gasteiger partial charge in [0.2, 0.25) is 5.91 Å². The number of carbonyl (C=O) groups excluding carboxylic acids is 2. The Morgan fingerprint density at radius 3 is 2.53 bits per heavy atom. The van der Waals surface area contributed by atoms with Crippen molar-refractivity contribution in [2.24, 2.45) is 0 Å². The zero-order chi connectivity index (χ0) is 22.7. The van der Waals surface area contributed by atoms with Crippen LogP contribution < -0.4 is 14.4 Å². The smallest absolute Gasteiger partial charge is 0.254 e. The molecule has 0 spiro atoms. The number of benzene rings is 2. The SMILES string of the molecule is C=C(Cl)COc1cc(CN(C(=O)c2ccc(N3CCCC3=O)cc2)C2CC2)ccc1OC. The molecule has 1 heterocycles. The van der Waals surface area contributed by atoms with Crippen molar-refractivity contribution in [1.82, 2.24) is 4.90 Å². The number of amides is 2. The van der Waals surface area contributed by atoms with Crippen LogP contribution in [0.2, 0.25) is 0 Å². The summed E-state index contributed by atoms with van der Waals surface area (Å²) in [4.78, 5) is 29.0. The lowest BCUT2D eigenvalue weighted by Crippen LogP contribution is -2.32. The predicted octanol–water partition coefficient (Wildman–Crippen LogP) is 4.76. The normalized spacial score (nSPS) is 15.6. The molecule has 1 aliphatic carbocycles. The molecule has 6 nitrogen and oxygen atoms in total. The average Bonchev–Trinajstić information content (AvgIpc) is 3.55. The molecule has 168 valence electrons. The first kappa shape index (κ1) is 22.2. The Bertz CT molecular complexity index is 1020. The molecular formula is C25H27ClN2O4. The van der Waals surface area contributed by atoms with Crippen molar-refractivity contribution in [2.75, 3.05) is 25.2 Å². The first-order chi connectivity index (χ1) is 15.5. The number of ether oxygens (including phenoxy) is 2. The predicted molar refractivity (Wildman–Crippen MR) is 124 cm³/mol. The Balaban J connectivity index is 1.50. The van der Waals surface area contributed by atoms with Crippen LogP contribution in [0.25, 0.3) is 0 Å². The molecule has 0 bridgehead atoms. The van der Waals surface area contributed by atoms with Crippen molar-refractivity contribution in [3.8, 4) is 11.5 Å². The van der Waals surface area contributed by atoms with Crippen LogP contribution in [0.15, 0.2) is 54.1 Å². The number of carbonyl (C=O) groups is 2. The number of hydrogen-bond acceptors (Lipinski definition) is 4. The van der Waals surface area contributed by atoms with Gasteiger partial charge in [-0.3, -0.25) is 9.59 Å². The van der Waals surface area contributed by atoms with Crippen molar-refractivity contribution in [3.63, 3.8) is 0 Å². The number of methoxy groups -OCH3 is 1. The minimum absolute atomic E-state index is 0.0146. The Morgan fingerprint density at radius 2 is 1.94 bits per heavy atom. The van der Waals surface area contributed by atoms with E-state index in [9.17, 15) is 9.59 Å². The van der Waals surface area contributed by atoms with Gasteiger partial charge in [-0.1, -0.05) is 24.2 Å². The lowest BCUT2D eigenvalue weighted by Gasteiger charge is -2.24. The lowest BCUT2D eigenvalue weighted by molar-refractivity contribution is -0.117. The van der Waals surface area contributed by atoms with Crippen LogP contribution in [0.5, 0.6) is 11.5 Å². The molecule has 2 amide bonds. The highest BCUT2D eigenvalue weighted by molar-refractivity contribution is 6.29. The van der Waals surface area contributed by atoms with Gasteiger partial charge in [-0.15, -0.1) is 0 Å². The van der Waals surface area contributed by atoms with E-state index in [-0.39, 0.29) is 24.5 Å². The Morgan fingerprint density at radius 1 is 1.19 bits per heavy atom. The van der Waals surface area contributed by atoms with Crippen LogP contribution in [-0.2, 0) is 11.3 Å². The van der Waals surface area contributed by atoms with Gasteiger partial charge in [0.15, 0.2) is 11.5 Å². The second-order valence-electron chi connectivity index (χ2n) is 8.15. The van der Waals surface area contributed by atoms with Crippen LogP contribution >= 0.6 is 11.6 Å². The van der Waals surface area contributed by atoms with Crippen molar-refractivity contribution < 1.29 is 19.1 Å². The van der Waals surface area contributed by atoms with E-state index in [4.69, 9.17) is 21.1 Å². The fourth-order valence-corrected chi connectivity index (χ4v) is 3.96. The van der Waals surface area contributed by atoms with E-state index in [1.807, 2.05) is 47.4 Å². The van der Waals surface area contributed by atoms with Crippen LogP contribution in [0.1, 0.15) is 41.6 Å². The third-order valence-corrected chi connectivity index (χ3v) is 5.82. The van der Waals surface area contributed by atoms with Crippen molar-refractivity contribution in [2.45, 2.75) is 38.3 Å². The maximum Gasteiger partial charge on any atom is 0.254 e. The fraction of sp³-hybridized carbons (Fsp3) is 0.360. The minimum Gasteiger partial charge on any atom is -0.493 e. The molecule has 2 fully saturated rings. The van der Waals surface area contributed by atoms with Gasteiger partial charge in [0, 0.05) is 41.8 Å². The maximum absolute atomic E-state index is 13.3. The van der Waals surface area contributed by atoms with E-state index in [1.165, 1.54) is 0 Å². The summed E-state index contributed by atoms with van der Waals surface area (Å²) in [6.45, 7) is 5.03. The van der Waals surface area contributed by atoms with E-state index in [0.29, 0.717) is 35.1 Å². The number of nitrogens with zero attached hydrogens (tertiary/aromatic N) is 2. The van der Waals surface area contributed by atoms with Crippen LogP contribution in [0.4, 0.5) is 5.69 Å². The monoisotopic (exact) mass is 454 g/mol. The summed E-state index contributed by atoms with van der Waals surface area (Å²) in [7, 11) is 1.58. The van der Waals surface area contributed by atoms with E-state index < -0.39 is 0 Å². The van der Waals surface area contributed by atoms with Crippen LogP contribution in [0, 0.1) is 0 Å². The van der Waals surface area contributed by atoms with Gasteiger partial charge in [0.1, 0.15) is 6.61 Å². The molecule has 32 heavy (non-hydrogen) atoms. The number of halogens is 1. The highest BCUT2D eigenvalue weighted by Gasteiger charge is 2.33. The van der Waals surface area contributed by atoms with Crippen LogP contribution in [0.3, 0.4) is 0 Å². The molecule has 0 radical (unpaired) electrons. The zero-order valence-electron chi connectivity index (χ0n) is 18.2. The van der Waals surface area contributed by atoms with E-state index in [1.54, 1.807) is 12.0 Å². The van der Waals surface area contributed by atoms with Gasteiger partial charge in [0.05, 0.1) is 7.11 Å². The number of rotatable bonds is 9. The number of hydrogen-bond donors (Lipinski definition) is 0. The molecule has 1 aliphatic heterocycles. The van der Waals surface area contributed by atoms with Gasteiger partial charge in [-0.2, -0.15) is 0 Å². The third kappa shape index (κ3) is 5.07. The zero-order valence-corrected chi connectivity index (χ0v) is 18.9. The molecule has 1 saturated heterocycles.